The molecular formula is C13H18ClN3O2. The number of hydrogen-bond donors (Lipinski definition) is 0. The van der Waals surface area contributed by atoms with Crippen LogP contribution in [0.1, 0.15) is 38.9 Å². The molecule has 0 saturated carbocycles. The molecule has 1 amide bonds. The number of likely N-dealkylation sites (tertiary alicyclic amines) is 1. The third-order valence-corrected chi connectivity index (χ3v) is 3.04. The lowest BCUT2D eigenvalue weighted by molar-refractivity contribution is 0.0292. The molecule has 2 rings (SSSR count). The van der Waals surface area contributed by atoms with Crippen molar-refractivity contribution in [1.29, 1.82) is 0 Å². The van der Waals surface area contributed by atoms with Crippen molar-refractivity contribution < 1.29 is 9.53 Å². The monoisotopic (exact) mass is 283 g/mol. The molecule has 1 aromatic rings. The fourth-order valence-corrected chi connectivity index (χ4v) is 2.09. The van der Waals surface area contributed by atoms with Crippen LogP contribution in [0.3, 0.4) is 0 Å². The number of rotatable bonds is 1. The van der Waals surface area contributed by atoms with Gasteiger partial charge in [-0.3, -0.25) is 0 Å². The van der Waals surface area contributed by atoms with E-state index in [1.165, 1.54) is 0 Å². The standard InChI is InChI=1S/C13H18ClN3O2/c1-13(2,3)19-12(18)17-5-4-9(8-17)11-15-6-10(14)7-16-11/h6-7,9H,4-5,8H2,1-3H3. The van der Waals surface area contributed by atoms with Crippen LogP contribution in [0.15, 0.2) is 12.4 Å². The zero-order chi connectivity index (χ0) is 14.0. The molecule has 0 radical (unpaired) electrons. The summed E-state index contributed by atoms with van der Waals surface area (Å²) in [6.45, 7) is 6.85. The van der Waals surface area contributed by atoms with Gasteiger partial charge in [-0.05, 0) is 27.2 Å². The molecule has 0 spiro atoms. The van der Waals surface area contributed by atoms with Crippen LogP contribution < -0.4 is 0 Å². The van der Waals surface area contributed by atoms with E-state index < -0.39 is 5.60 Å². The predicted octanol–water partition coefficient (Wildman–Crippen LogP) is 2.85. The van der Waals surface area contributed by atoms with Gasteiger partial charge in [0.25, 0.3) is 0 Å². The summed E-state index contributed by atoms with van der Waals surface area (Å²) < 4.78 is 5.35. The lowest BCUT2D eigenvalue weighted by atomic mass is 10.1. The van der Waals surface area contributed by atoms with Crippen molar-refractivity contribution in [3.05, 3.63) is 23.2 Å². The van der Waals surface area contributed by atoms with Crippen molar-refractivity contribution in [2.45, 2.75) is 38.7 Å². The minimum Gasteiger partial charge on any atom is -0.444 e. The predicted molar refractivity (Wildman–Crippen MR) is 72.2 cm³/mol. The number of halogens is 1. The van der Waals surface area contributed by atoms with E-state index in [-0.39, 0.29) is 12.0 Å². The third kappa shape index (κ3) is 3.80. The molecule has 19 heavy (non-hydrogen) atoms. The molecule has 0 aliphatic carbocycles. The Morgan fingerprint density at radius 2 is 2.05 bits per heavy atom. The number of aromatic nitrogens is 2. The highest BCUT2D eigenvalue weighted by molar-refractivity contribution is 6.30. The van der Waals surface area contributed by atoms with Gasteiger partial charge in [0.15, 0.2) is 0 Å². The fraction of sp³-hybridized carbons (Fsp3) is 0.615. The number of nitrogens with zero attached hydrogens (tertiary/aromatic N) is 3. The van der Waals surface area contributed by atoms with E-state index in [9.17, 15) is 4.79 Å². The normalized spacial score (nSPS) is 19.6. The van der Waals surface area contributed by atoms with E-state index in [1.807, 2.05) is 20.8 Å². The molecule has 1 aliphatic heterocycles. The second kappa shape index (κ2) is 5.33. The SMILES string of the molecule is CC(C)(C)OC(=O)N1CCC(c2ncc(Cl)cn2)C1. The van der Waals surface area contributed by atoms with Crippen LogP contribution in [-0.2, 0) is 4.74 Å². The minimum atomic E-state index is -0.466. The highest BCUT2D eigenvalue weighted by Crippen LogP contribution is 2.26. The zero-order valence-electron chi connectivity index (χ0n) is 11.4. The molecule has 104 valence electrons. The molecule has 5 nitrogen and oxygen atoms in total. The summed E-state index contributed by atoms with van der Waals surface area (Å²) in [5.74, 6) is 0.889. The summed E-state index contributed by atoms with van der Waals surface area (Å²) in [4.78, 5) is 22.0. The highest BCUT2D eigenvalue weighted by atomic mass is 35.5. The molecule has 1 unspecified atom stereocenters. The van der Waals surface area contributed by atoms with Gasteiger partial charge in [0.2, 0.25) is 0 Å². The summed E-state index contributed by atoms with van der Waals surface area (Å²) in [6, 6.07) is 0. The third-order valence-electron chi connectivity index (χ3n) is 2.85. The van der Waals surface area contributed by atoms with Gasteiger partial charge < -0.3 is 9.64 Å². The van der Waals surface area contributed by atoms with E-state index in [0.717, 1.165) is 12.2 Å². The Labute approximate surface area is 117 Å². The van der Waals surface area contributed by atoms with Crippen LogP contribution in [-0.4, -0.2) is 39.7 Å². The van der Waals surface area contributed by atoms with Crippen molar-refractivity contribution in [2.75, 3.05) is 13.1 Å². The Bertz CT molecular complexity index is 456. The maximum Gasteiger partial charge on any atom is 0.410 e. The molecule has 1 fully saturated rings. The van der Waals surface area contributed by atoms with Crippen molar-refractivity contribution in [3.8, 4) is 0 Å². The highest BCUT2D eigenvalue weighted by Gasteiger charge is 2.31. The van der Waals surface area contributed by atoms with Crippen molar-refractivity contribution in [1.82, 2.24) is 14.9 Å². The number of carbonyl (C=O) groups excluding carboxylic acids is 1. The van der Waals surface area contributed by atoms with Crippen molar-refractivity contribution in [2.24, 2.45) is 0 Å². The smallest absolute Gasteiger partial charge is 0.410 e. The van der Waals surface area contributed by atoms with Gasteiger partial charge in [-0.2, -0.15) is 0 Å². The van der Waals surface area contributed by atoms with E-state index in [0.29, 0.717) is 18.1 Å². The zero-order valence-corrected chi connectivity index (χ0v) is 12.1. The van der Waals surface area contributed by atoms with E-state index >= 15 is 0 Å². The largest absolute Gasteiger partial charge is 0.444 e. The summed E-state index contributed by atoms with van der Waals surface area (Å²) in [5, 5.41) is 0.519. The molecular weight excluding hydrogens is 266 g/mol. The molecule has 2 heterocycles. The van der Waals surface area contributed by atoms with Gasteiger partial charge in [0, 0.05) is 31.4 Å². The second-order valence-corrected chi connectivity index (χ2v) is 6.11. The Balaban J connectivity index is 1.96. The minimum absolute atomic E-state index is 0.157. The van der Waals surface area contributed by atoms with Crippen LogP contribution in [0.2, 0.25) is 5.02 Å². The first-order chi connectivity index (χ1) is 8.85. The number of carbonyl (C=O) groups is 1. The number of amides is 1. The Hall–Kier alpha value is -1.36. The van der Waals surface area contributed by atoms with E-state index in [4.69, 9.17) is 16.3 Å². The molecule has 0 bridgehead atoms. The first kappa shape index (κ1) is 14.1. The second-order valence-electron chi connectivity index (χ2n) is 5.67. The fourth-order valence-electron chi connectivity index (χ4n) is 2.00. The van der Waals surface area contributed by atoms with Gasteiger partial charge in [-0.1, -0.05) is 11.6 Å². The molecule has 1 aromatic heterocycles. The Kier molecular flexibility index (Phi) is 3.94. The first-order valence-corrected chi connectivity index (χ1v) is 6.68. The van der Waals surface area contributed by atoms with Gasteiger partial charge in [0.1, 0.15) is 11.4 Å². The first-order valence-electron chi connectivity index (χ1n) is 6.30. The number of hydrogen-bond acceptors (Lipinski definition) is 4. The average Bonchev–Trinajstić information content (AvgIpc) is 2.77. The van der Waals surface area contributed by atoms with Gasteiger partial charge in [0.05, 0.1) is 5.02 Å². The molecule has 0 aromatic carbocycles. The van der Waals surface area contributed by atoms with E-state index in [2.05, 4.69) is 9.97 Å². The molecule has 1 aliphatic rings. The van der Waals surface area contributed by atoms with Crippen LogP contribution >= 0.6 is 11.6 Å². The summed E-state index contributed by atoms with van der Waals surface area (Å²) in [5.41, 5.74) is -0.466. The van der Waals surface area contributed by atoms with Gasteiger partial charge >= 0.3 is 6.09 Å². The maximum absolute atomic E-state index is 11.9. The van der Waals surface area contributed by atoms with Crippen LogP contribution in [0, 0.1) is 0 Å². The van der Waals surface area contributed by atoms with Gasteiger partial charge in [-0.15, -0.1) is 0 Å². The Morgan fingerprint density at radius 1 is 1.42 bits per heavy atom. The quantitative estimate of drug-likeness (QED) is 0.795. The van der Waals surface area contributed by atoms with Crippen LogP contribution in [0.25, 0.3) is 0 Å². The summed E-state index contributed by atoms with van der Waals surface area (Å²) in [6.07, 6.45) is 3.74. The van der Waals surface area contributed by atoms with E-state index in [1.54, 1.807) is 17.3 Å². The number of ether oxygens (including phenoxy) is 1. The Morgan fingerprint density at radius 3 is 2.63 bits per heavy atom. The molecule has 1 atom stereocenters. The lowest BCUT2D eigenvalue weighted by Crippen LogP contribution is -2.35. The van der Waals surface area contributed by atoms with Gasteiger partial charge in [-0.25, -0.2) is 14.8 Å². The van der Waals surface area contributed by atoms with Crippen molar-refractivity contribution in [3.63, 3.8) is 0 Å². The molecule has 0 N–H and O–H groups in total. The summed E-state index contributed by atoms with van der Waals surface area (Å²) >= 11 is 5.76. The van der Waals surface area contributed by atoms with Crippen molar-refractivity contribution >= 4 is 17.7 Å². The maximum atomic E-state index is 11.9. The molecule has 1 saturated heterocycles. The molecule has 6 heteroatoms. The topological polar surface area (TPSA) is 55.3 Å². The summed E-state index contributed by atoms with van der Waals surface area (Å²) in [7, 11) is 0. The van der Waals surface area contributed by atoms with Crippen LogP contribution in [0.4, 0.5) is 4.79 Å². The van der Waals surface area contributed by atoms with Crippen LogP contribution in [0.5, 0.6) is 0 Å². The lowest BCUT2D eigenvalue weighted by Gasteiger charge is -2.24. The average molecular weight is 284 g/mol.